The molecule has 0 aliphatic rings. The fourth-order valence-electron chi connectivity index (χ4n) is 2.66. The number of rotatable bonds is 6. The van der Waals surface area contributed by atoms with Gasteiger partial charge in [0, 0.05) is 17.1 Å². The van der Waals surface area contributed by atoms with Crippen LogP contribution in [0.1, 0.15) is 5.69 Å². The van der Waals surface area contributed by atoms with Gasteiger partial charge in [-0.15, -0.1) is 11.3 Å². The first-order valence-electron chi connectivity index (χ1n) is 8.38. The minimum absolute atomic E-state index is 0.0473. The van der Waals surface area contributed by atoms with Gasteiger partial charge in [0.15, 0.2) is 0 Å². The summed E-state index contributed by atoms with van der Waals surface area (Å²) in [5, 5.41) is 6.83. The molecule has 3 heterocycles. The third-order valence-corrected chi connectivity index (χ3v) is 5.83. The Balaban J connectivity index is 1.49. The maximum absolute atomic E-state index is 12.2. The minimum Gasteiger partial charge on any atom is -0.350 e. The van der Waals surface area contributed by atoms with Crippen molar-refractivity contribution >= 4 is 39.2 Å². The number of hydrogen-bond donors (Lipinski definition) is 1. The Labute approximate surface area is 164 Å². The lowest BCUT2D eigenvalue weighted by Crippen LogP contribution is -2.25. The molecule has 0 unspecified atom stereocenters. The van der Waals surface area contributed by atoms with E-state index >= 15 is 0 Å². The number of fused-ring (bicyclic) bond motifs is 1. The van der Waals surface area contributed by atoms with E-state index in [9.17, 15) is 4.79 Å². The number of carbonyl (C=O) groups is 1. The Morgan fingerprint density at radius 2 is 1.89 bits per heavy atom. The number of pyridine rings is 1. The highest BCUT2D eigenvalue weighted by molar-refractivity contribution is 8.00. The Kier molecular flexibility index (Phi) is 5.41. The standard InChI is InChI=1S/C20H16N4OS2/c25-17(22-10-15-8-4-5-9-21-15)12-27-20-18-16(14-6-2-1-3-7-14)11-26-19(18)23-13-24-20/h1-9,11,13H,10,12H2,(H,22,25). The molecule has 134 valence electrons. The highest BCUT2D eigenvalue weighted by atomic mass is 32.2. The second-order valence-electron chi connectivity index (χ2n) is 5.76. The monoisotopic (exact) mass is 392 g/mol. The van der Waals surface area contributed by atoms with Crippen LogP contribution >= 0.6 is 23.1 Å². The summed E-state index contributed by atoms with van der Waals surface area (Å²) < 4.78 is 0. The van der Waals surface area contributed by atoms with Crippen LogP contribution in [0.3, 0.4) is 0 Å². The van der Waals surface area contributed by atoms with E-state index in [0.717, 1.165) is 32.1 Å². The lowest BCUT2D eigenvalue weighted by atomic mass is 10.1. The molecule has 4 aromatic rings. The molecule has 0 radical (unpaired) electrons. The molecular formula is C20H16N4OS2. The van der Waals surface area contributed by atoms with Crippen LogP contribution in [-0.2, 0) is 11.3 Å². The van der Waals surface area contributed by atoms with Crippen molar-refractivity contribution in [2.45, 2.75) is 11.6 Å². The molecule has 27 heavy (non-hydrogen) atoms. The fraction of sp³-hybridized carbons (Fsp3) is 0.100. The van der Waals surface area contributed by atoms with Gasteiger partial charge in [0.2, 0.25) is 5.91 Å². The molecular weight excluding hydrogens is 376 g/mol. The van der Waals surface area contributed by atoms with Crippen LogP contribution in [0.2, 0.25) is 0 Å². The van der Waals surface area contributed by atoms with Gasteiger partial charge in [0.1, 0.15) is 16.2 Å². The maximum atomic E-state index is 12.2. The summed E-state index contributed by atoms with van der Waals surface area (Å²) in [6, 6.07) is 15.8. The van der Waals surface area contributed by atoms with Gasteiger partial charge < -0.3 is 5.32 Å². The Morgan fingerprint density at radius 1 is 1.04 bits per heavy atom. The Morgan fingerprint density at radius 3 is 2.70 bits per heavy atom. The van der Waals surface area contributed by atoms with Crippen molar-refractivity contribution in [2.24, 2.45) is 0 Å². The number of thiophene rings is 1. The van der Waals surface area contributed by atoms with Gasteiger partial charge in [-0.2, -0.15) is 0 Å². The first kappa shape index (κ1) is 17.6. The molecule has 1 N–H and O–H groups in total. The lowest BCUT2D eigenvalue weighted by Gasteiger charge is -2.06. The predicted octanol–water partition coefficient (Wildman–Crippen LogP) is 4.16. The zero-order chi connectivity index (χ0) is 18.5. The molecule has 0 atom stereocenters. The normalized spacial score (nSPS) is 10.8. The molecule has 0 bridgehead atoms. The molecule has 0 spiro atoms. The summed E-state index contributed by atoms with van der Waals surface area (Å²) in [7, 11) is 0. The van der Waals surface area contributed by atoms with E-state index in [-0.39, 0.29) is 5.91 Å². The molecule has 0 saturated carbocycles. The molecule has 1 amide bonds. The number of benzene rings is 1. The van der Waals surface area contributed by atoms with Gasteiger partial charge >= 0.3 is 0 Å². The predicted molar refractivity (Wildman–Crippen MR) is 110 cm³/mol. The zero-order valence-corrected chi connectivity index (χ0v) is 16.0. The van der Waals surface area contributed by atoms with Crippen molar-refractivity contribution in [3.05, 3.63) is 72.1 Å². The van der Waals surface area contributed by atoms with Crippen molar-refractivity contribution in [1.29, 1.82) is 0 Å². The average molecular weight is 393 g/mol. The zero-order valence-electron chi connectivity index (χ0n) is 14.3. The van der Waals surface area contributed by atoms with E-state index in [2.05, 4.69) is 37.8 Å². The number of hydrogen-bond acceptors (Lipinski definition) is 6. The minimum atomic E-state index is -0.0473. The molecule has 0 fully saturated rings. The van der Waals surface area contributed by atoms with Crippen molar-refractivity contribution < 1.29 is 4.79 Å². The highest BCUT2D eigenvalue weighted by Crippen LogP contribution is 2.37. The van der Waals surface area contributed by atoms with E-state index in [4.69, 9.17) is 0 Å². The number of nitrogens with one attached hydrogen (secondary N) is 1. The largest absolute Gasteiger partial charge is 0.350 e. The molecule has 4 rings (SSSR count). The smallest absolute Gasteiger partial charge is 0.230 e. The third-order valence-electron chi connectivity index (χ3n) is 3.95. The van der Waals surface area contributed by atoms with E-state index in [0.29, 0.717) is 12.3 Å². The van der Waals surface area contributed by atoms with Gasteiger partial charge in [0.25, 0.3) is 0 Å². The average Bonchev–Trinajstić information content (AvgIpc) is 3.17. The van der Waals surface area contributed by atoms with Crippen molar-refractivity contribution in [2.75, 3.05) is 5.75 Å². The van der Waals surface area contributed by atoms with Crippen LogP contribution in [0.4, 0.5) is 0 Å². The van der Waals surface area contributed by atoms with Crippen LogP contribution < -0.4 is 5.32 Å². The van der Waals surface area contributed by atoms with Crippen molar-refractivity contribution in [3.63, 3.8) is 0 Å². The summed E-state index contributed by atoms with van der Waals surface area (Å²) >= 11 is 3.02. The molecule has 0 aliphatic carbocycles. The Hall–Kier alpha value is -2.77. The van der Waals surface area contributed by atoms with E-state index < -0.39 is 0 Å². The number of amides is 1. The first-order valence-corrected chi connectivity index (χ1v) is 10.2. The fourth-order valence-corrected chi connectivity index (χ4v) is 4.49. The molecule has 7 heteroatoms. The first-order chi connectivity index (χ1) is 13.3. The number of carbonyl (C=O) groups excluding carboxylic acids is 1. The molecule has 0 saturated heterocycles. The van der Waals surface area contributed by atoms with Gasteiger partial charge in [0.05, 0.1) is 23.4 Å². The highest BCUT2D eigenvalue weighted by Gasteiger charge is 2.14. The summed E-state index contributed by atoms with van der Waals surface area (Å²) in [4.78, 5) is 26.2. The molecule has 0 aliphatic heterocycles. The summed E-state index contributed by atoms with van der Waals surface area (Å²) in [5.41, 5.74) is 3.07. The molecule has 1 aromatic carbocycles. The second-order valence-corrected chi connectivity index (χ2v) is 7.58. The van der Waals surface area contributed by atoms with Crippen molar-refractivity contribution in [3.8, 4) is 11.1 Å². The van der Waals surface area contributed by atoms with Crippen LogP contribution in [0.25, 0.3) is 21.3 Å². The van der Waals surface area contributed by atoms with Crippen molar-refractivity contribution in [1.82, 2.24) is 20.3 Å². The SMILES string of the molecule is O=C(CSc1ncnc2scc(-c3ccccc3)c12)NCc1ccccn1. The van der Waals surface area contributed by atoms with Crippen LogP contribution in [-0.4, -0.2) is 26.6 Å². The van der Waals surface area contributed by atoms with Gasteiger partial charge in [-0.25, -0.2) is 9.97 Å². The van der Waals surface area contributed by atoms with Crippen LogP contribution in [0.15, 0.2) is 71.5 Å². The van der Waals surface area contributed by atoms with Gasteiger partial charge in [-0.3, -0.25) is 9.78 Å². The molecule has 5 nitrogen and oxygen atoms in total. The third kappa shape index (κ3) is 4.15. The van der Waals surface area contributed by atoms with E-state index in [1.807, 2.05) is 36.4 Å². The Bertz CT molecular complexity index is 1050. The second kappa shape index (κ2) is 8.28. The number of nitrogens with zero attached hydrogens (tertiary/aromatic N) is 3. The topological polar surface area (TPSA) is 67.8 Å². The van der Waals surface area contributed by atoms with E-state index in [1.54, 1.807) is 23.9 Å². The number of aromatic nitrogens is 3. The quantitative estimate of drug-likeness (QED) is 0.394. The summed E-state index contributed by atoms with van der Waals surface area (Å²) in [5.74, 6) is 0.247. The summed E-state index contributed by atoms with van der Waals surface area (Å²) in [6.45, 7) is 0.424. The van der Waals surface area contributed by atoms with E-state index in [1.165, 1.54) is 11.8 Å². The van der Waals surface area contributed by atoms with Crippen LogP contribution in [0, 0.1) is 0 Å². The summed E-state index contributed by atoms with van der Waals surface area (Å²) in [6.07, 6.45) is 3.28. The van der Waals surface area contributed by atoms with Crippen LogP contribution in [0.5, 0.6) is 0 Å². The van der Waals surface area contributed by atoms with Gasteiger partial charge in [-0.05, 0) is 17.7 Å². The maximum Gasteiger partial charge on any atom is 0.230 e. The number of thioether (sulfide) groups is 1. The molecule has 3 aromatic heterocycles. The lowest BCUT2D eigenvalue weighted by molar-refractivity contribution is -0.118. The van der Waals surface area contributed by atoms with Gasteiger partial charge in [-0.1, -0.05) is 48.2 Å².